The summed E-state index contributed by atoms with van der Waals surface area (Å²) in [4.78, 5) is 25.9. The fourth-order valence-electron chi connectivity index (χ4n) is 1.49. The number of hydrogen-bond acceptors (Lipinski definition) is 9. The quantitative estimate of drug-likeness (QED) is 0.250. The van der Waals surface area contributed by atoms with Gasteiger partial charge in [-0.1, -0.05) is 0 Å². The number of phosphoric acid groups is 2. The first-order chi connectivity index (χ1) is 8.97. The molecule has 1 rings (SSSR count). The van der Waals surface area contributed by atoms with Crippen molar-refractivity contribution < 1.29 is 52.7 Å². The molecule has 6 atom stereocenters. The van der Waals surface area contributed by atoms with Crippen LogP contribution in [0.15, 0.2) is 0 Å². The van der Waals surface area contributed by atoms with Gasteiger partial charge in [0.1, 0.15) is 18.3 Å². The summed E-state index contributed by atoms with van der Waals surface area (Å²) in [5.74, 6) is 0. The Hall–Kier alpha value is 0.0600. The lowest BCUT2D eigenvalue weighted by molar-refractivity contribution is -0.251. The molecule has 1 aliphatic rings. The smallest absolute Gasteiger partial charge is 0.394 e. The second-order valence-corrected chi connectivity index (χ2v) is 6.71. The van der Waals surface area contributed by atoms with Crippen molar-refractivity contribution in [3.05, 3.63) is 0 Å². The average Bonchev–Trinajstić information content (AvgIpc) is 2.26. The molecule has 0 aromatic rings. The third-order valence-electron chi connectivity index (χ3n) is 2.39. The van der Waals surface area contributed by atoms with E-state index >= 15 is 0 Å². The Morgan fingerprint density at radius 2 is 1.70 bits per heavy atom. The van der Waals surface area contributed by atoms with E-state index in [-0.39, 0.29) is 0 Å². The number of rotatable bonds is 5. The standard InChI is InChI=1S/C6H15NO11P2/c7-3-2(1-8)16-6(5(10)4(3)9)17-20(14,15)18-19(11,12)13/h2-6,8-10H,1,7H2,(H,14,15)(H2,11,12,13)/t2-,3-,4+,5-,6+/m1/s1. The SMILES string of the molecule is N[C@H]1[C@H](O)[C@@H](O)[C@H](OP(=O)(O)OP(=O)(O)O)O[C@@H]1CO. The van der Waals surface area contributed by atoms with Crippen molar-refractivity contribution in [2.75, 3.05) is 6.61 Å². The molecule has 0 aliphatic carbocycles. The summed E-state index contributed by atoms with van der Waals surface area (Å²) in [7, 11) is -10.6. The van der Waals surface area contributed by atoms with E-state index in [9.17, 15) is 19.3 Å². The van der Waals surface area contributed by atoms with Crippen LogP contribution in [0.3, 0.4) is 0 Å². The lowest BCUT2D eigenvalue weighted by Gasteiger charge is -2.40. The lowest BCUT2D eigenvalue weighted by Crippen LogP contribution is -2.62. The van der Waals surface area contributed by atoms with Gasteiger partial charge in [0.05, 0.1) is 12.6 Å². The van der Waals surface area contributed by atoms with E-state index in [2.05, 4.69) is 8.83 Å². The topological polar surface area (TPSA) is 209 Å². The molecule has 0 spiro atoms. The molecule has 8 N–H and O–H groups in total. The van der Waals surface area contributed by atoms with Crippen LogP contribution < -0.4 is 5.73 Å². The minimum Gasteiger partial charge on any atom is -0.394 e. The summed E-state index contributed by atoms with van der Waals surface area (Å²) in [6.07, 6.45) is -6.77. The zero-order chi connectivity index (χ0) is 15.7. The van der Waals surface area contributed by atoms with Crippen LogP contribution in [0, 0.1) is 0 Å². The van der Waals surface area contributed by atoms with Crippen LogP contribution in [-0.4, -0.2) is 67.3 Å². The summed E-state index contributed by atoms with van der Waals surface area (Å²) < 4.78 is 34.3. The second kappa shape index (κ2) is 6.44. The van der Waals surface area contributed by atoms with Crippen molar-refractivity contribution >= 4 is 15.6 Å². The highest BCUT2D eigenvalue weighted by Gasteiger charge is 2.47. The fraction of sp³-hybridized carbons (Fsp3) is 1.00. The minimum absolute atomic E-state index is 0.695. The van der Waals surface area contributed by atoms with Gasteiger partial charge in [-0.15, -0.1) is 0 Å². The van der Waals surface area contributed by atoms with Crippen molar-refractivity contribution in [2.24, 2.45) is 5.73 Å². The molecule has 12 nitrogen and oxygen atoms in total. The van der Waals surface area contributed by atoms with Crippen LogP contribution in [0.25, 0.3) is 0 Å². The molecule has 0 amide bonds. The molecular formula is C6H15NO11P2. The lowest BCUT2D eigenvalue weighted by atomic mass is 9.97. The maximum atomic E-state index is 11.3. The van der Waals surface area contributed by atoms with E-state index in [1.54, 1.807) is 0 Å². The molecule has 14 heteroatoms. The highest BCUT2D eigenvalue weighted by atomic mass is 31.3. The van der Waals surface area contributed by atoms with Gasteiger partial charge in [0.25, 0.3) is 0 Å². The summed E-state index contributed by atoms with van der Waals surface area (Å²) in [5.41, 5.74) is 5.41. The predicted molar refractivity (Wildman–Crippen MR) is 59.8 cm³/mol. The van der Waals surface area contributed by atoms with Crippen LogP contribution in [-0.2, 0) is 22.7 Å². The first-order valence-electron chi connectivity index (χ1n) is 5.13. The normalized spacial score (nSPS) is 38.5. The molecule has 0 saturated carbocycles. The third-order valence-corrected chi connectivity index (χ3v) is 4.54. The van der Waals surface area contributed by atoms with Crippen LogP contribution in [0.5, 0.6) is 0 Å². The molecule has 1 fully saturated rings. The summed E-state index contributed by atoms with van der Waals surface area (Å²) in [6, 6.07) is -1.20. The molecule has 0 aromatic carbocycles. The van der Waals surface area contributed by atoms with Gasteiger partial charge in [-0.05, 0) is 0 Å². The van der Waals surface area contributed by atoms with Crippen LogP contribution in [0.2, 0.25) is 0 Å². The van der Waals surface area contributed by atoms with Gasteiger partial charge in [-0.25, -0.2) is 9.13 Å². The molecule has 1 aliphatic heterocycles. The minimum atomic E-state index is -5.34. The third kappa shape index (κ3) is 4.81. The summed E-state index contributed by atoms with van der Waals surface area (Å²) in [6.45, 7) is -0.695. The van der Waals surface area contributed by atoms with Gasteiger partial charge < -0.3 is 40.5 Å². The molecule has 1 heterocycles. The van der Waals surface area contributed by atoms with E-state index in [0.29, 0.717) is 0 Å². The zero-order valence-corrected chi connectivity index (χ0v) is 11.6. The predicted octanol–water partition coefficient (Wildman–Crippen LogP) is -3.02. The number of nitrogens with two attached hydrogens (primary N) is 1. The fourth-order valence-corrected chi connectivity index (χ4v) is 3.16. The molecule has 0 radical (unpaired) electrons. The summed E-state index contributed by atoms with van der Waals surface area (Å²) in [5, 5.41) is 28.0. The first-order valence-corrected chi connectivity index (χ1v) is 8.15. The van der Waals surface area contributed by atoms with Crippen molar-refractivity contribution in [3.63, 3.8) is 0 Å². The largest absolute Gasteiger partial charge is 0.483 e. The van der Waals surface area contributed by atoms with Gasteiger partial charge in [0.15, 0.2) is 6.29 Å². The van der Waals surface area contributed by atoms with E-state index in [4.69, 9.17) is 30.3 Å². The van der Waals surface area contributed by atoms with E-state index in [1.807, 2.05) is 0 Å². The van der Waals surface area contributed by atoms with Crippen molar-refractivity contribution in [3.8, 4) is 0 Å². The van der Waals surface area contributed by atoms with Crippen LogP contribution in [0.1, 0.15) is 0 Å². The molecule has 20 heavy (non-hydrogen) atoms. The first kappa shape index (κ1) is 18.1. The maximum Gasteiger partial charge on any atom is 0.483 e. The molecule has 0 bridgehead atoms. The summed E-state index contributed by atoms with van der Waals surface area (Å²) >= 11 is 0. The van der Waals surface area contributed by atoms with Gasteiger partial charge in [0, 0.05) is 0 Å². The van der Waals surface area contributed by atoms with E-state index in [0.717, 1.165) is 0 Å². The van der Waals surface area contributed by atoms with Crippen molar-refractivity contribution in [1.82, 2.24) is 0 Å². The van der Waals surface area contributed by atoms with E-state index in [1.165, 1.54) is 0 Å². The monoisotopic (exact) mass is 339 g/mol. The van der Waals surface area contributed by atoms with Crippen LogP contribution in [0.4, 0.5) is 0 Å². The van der Waals surface area contributed by atoms with Crippen molar-refractivity contribution in [2.45, 2.75) is 30.6 Å². The Balaban J connectivity index is 2.80. The van der Waals surface area contributed by atoms with E-state index < -0.39 is 52.9 Å². The number of aliphatic hydroxyl groups excluding tert-OH is 3. The molecular weight excluding hydrogens is 324 g/mol. The second-order valence-electron chi connectivity index (χ2n) is 3.93. The highest BCUT2D eigenvalue weighted by Crippen LogP contribution is 2.58. The van der Waals surface area contributed by atoms with Crippen molar-refractivity contribution in [1.29, 1.82) is 0 Å². The van der Waals surface area contributed by atoms with Crippen LogP contribution >= 0.6 is 15.6 Å². The number of aliphatic hydroxyl groups is 3. The number of phosphoric ester groups is 1. The Morgan fingerprint density at radius 1 is 1.15 bits per heavy atom. The highest BCUT2D eigenvalue weighted by molar-refractivity contribution is 7.60. The molecule has 1 unspecified atom stereocenters. The number of hydrogen-bond donors (Lipinski definition) is 7. The maximum absolute atomic E-state index is 11.3. The molecule has 120 valence electrons. The Kier molecular flexibility index (Phi) is 5.83. The molecule has 0 aromatic heterocycles. The molecule has 1 saturated heterocycles. The van der Waals surface area contributed by atoms with Gasteiger partial charge in [0.2, 0.25) is 0 Å². The zero-order valence-electron chi connectivity index (χ0n) is 9.79. The number of ether oxygens (including phenoxy) is 1. The van der Waals surface area contributed by atoms with Gasteiger partial charge >= 0.3 is 15.6 Å². The Bertz CT molecular complexity index is 423. The Morgan fingerprint density at radius 3 is 2.15 bits per heavy atom. The Labute approximate surface area is 112 Å². The van der Waals surface area contributed by atoms with Gasteiger partial charge in [-0.3, -0.25) is 4.52 Å². The average molecular weight is 339 g/mol. The van der Waals surface area contributed by atoms with Gasteiger partial charge in [-0.2, -0.15) is 4.31 Å².